The number of nitrogens with two attached hydrogens (primary N) is 1. The SMILES string of the molecule is CC(N)Cc1ccc(OCC(=O)NC(C)(C)C)cc1. The van der Waals surface area contributed by atoms with Crippen LogP contribution in [-0.2, 0) is 11.2 Å². The fourth-order valence-corrected chi connectivity index (χ4v) is 1.70. The molecule has 3 N–H and O–H groups in total. The molecule has 0 heterocycles. The Morgan fingerprint density at radius 3 is 2.37 bits per heavy atom. The molecule has 0 aliphatic carbocycles. The number of benzene rings is 1. The predicted octanol–water partition coefficient (Wildman–Crippen LogP) is 1.87. The number of amides is 1. The second-order valence-corrected chi connectivity index (χ2v) is 5.91. The Balaban J connectivity index is 2.44. The molecule has 1 atom stereocenters. The highest BCUT2D eigenvalue weighted by atomic mass is 16.5. The topological polar surface area (TPSA) is 64.3 Å². The van der Waals surface area contributed by atoms with Crippen LogP contribution in [0.25, 0.3) is 0 Å². The van der Waals surface area contributed by atoms with Crippen molar-refractivity contribution in [3.63, 3.8) is 0 Å². The van der Waals surface area contributed by atoms with Gasteiger partial charge in [-0.05, 0) is 51.8 Å². The molecule has 0 saturated heterocycles. The fraction of sp³-hybridized carbons (Fsp3) is 0.533. The van der Waals surface area contributed by atoms with E-state index in [0.29, 0.717) is 5.75 Å². The van der Waals surface area contributed by atoms with Gasteiger partial charge in [-0.3, -0.25) is 4.79 Å². The van der Waals surface area contributed by atoms with E-state index in [-0.39, 0.29) is 24.1 Å². The molecule has 106 valence electrons. The van der Waals surface area contributed by atoms with Gasteiger partial charge in [-0.25, -0.2) is 0 Å². The first-order valence-electron chi connectivity index (χ1n) is 6.54. The van der Waals surface area contributed by atoms with Crippen molar-refractivity contribution in [3.8, 4) is 5.75 Å². The van der Waals surface area contributed by atoms with Gasteiger partial charge in [-0.15, -0.1) is 0 Å². The number of nitrogens with one attached hydrogen (secondary N) is 1. The maximum Gasteiger partial charge on any atom is 0.258 e. The summed E-state index contributed by atoms with van der Waals surface area (Å²) in [5.41, 5.74) is 6.67. The molecular weight excluding hydrogens is 240 g/mol. The number of hydrogen-bond donors (Lipinski definition) is 2. The molecule has 1 amide bonds. The second kappa shape index (κ2) is 6.57. The third kappa shape index (κ3) is 6.82. The Labute approximate surface area is 115 Å². The Kier molecular flexibility index (Phi) is 5.36. The Morgan fingerprint density at radius 2 is 1.89 bits per heavy atom. The molecule has 0 spiro atoms. The van der Waals surface area contributed by atoms with Gasteiger partial charge in [0, 0.05) is 11.6 Å². The molecule has 1 aromatic rings. The summed E-state index contributed by atoms with van der Waals surface area (Å²) in [6, 6.07) is 7.81. The zero-order chi connectivity index (χ0) is 14.5. The normalized spacial score (nSPS) is 12.9. The minimum absolute atomic E-state index is 0.0317. The van der Waals surface area contributed by atoms with E-state index in [1.54, 1.807) is 0 Å². The monoisotopic (exact) mass is 264 g/mol. The molecule has 4 nitrogen and oxygen atoms in total. The Bertz CT molecular complexity index is 405. The van der Waals surface area contributed by atoms with Crippen LogP contribution in [-0.4, -0.2) is 24.1 Å². The maximum absolute atomic E-state index is 11.6. The number of hydrogen-bond acceptors (Lipinski definition) is 3. The molecule has 0 fully saturated rings. The molecular formula is C15H24N2O2. The van der Waals surface area contributed by atoms with Crippen molar-refractivity contribution in [1.29, 1.82) is 0 Å². The van der Waals surface area contributed by atoms with Gasteiger partial charge in [-0.1, -0.05) is 12.1 Å². The van der Waals surface area contributed by atoms with E-state index in [4.69, 9.17) is 10.5 Å². The number of carbonyl (C=O) groups is 1. The van der Waals surface area contributed by atoms with E-state index < -0.39 is 0 Å². The molecule has 0 aliphatic rings. The van der Waals surface area contributed by atoms with Crippen molar-refractivity contribution in [3.05, 3.63) is 29.8 Å². The van der Waals surface area contributed by atoms with Crippen LogP contribution >= 0.6 is 0 Å². The standard InChI is InChI=1S/C15H24N2O2/c1-11(16)9-12-5-7-13(8-6-12)19-10-14(18)17-15(2,3)4/h5-8,11H,9-10,16H2,1-4H3,(H,17,18). The van der Waals surface area contributed by atoms with Gasteiger partial charge in [0.05, 0.1) is 0 Å². The number of carbonyl (C=O) groups excluding carboxylic acids is 1. The molecule has 1 rings (SSSR count). The summed E-state index contributed by atoms with van der Waals surface area (Å²) in [7, 11) is 0. The minimum atomic E-state index is -0.235. The maximum atomic E-state index is 11.6. The lowest BCUT2D eigenvalue weighted by Gasteiger charge is -2.20. The zero-order valence-electron chi connectivity index (χ0n) is 12.2. The molecule has 0 bridgehead atoms. The quantitative estimate of drug-likeness (QED) is 0.853. The smallest absolute Gasteiger partial charge is 0.258 e. The summed E-state index contributed by atoms with van der Waals surface area (Å²) in [5, 5.41) is 2.85. The third-order valence-electron chi connectivity index (χ3n) is 2.37. The van der Waals surface area contributed by atoms with Gasteiger partial charge in [0.1, 0.15) is 5.75 Å². The second-order valence-electron chi connectivity index (χ2n) is 5.91. The van der Waals surface area contributed by atoms with Crippen LogP contribution in [0.3, 0.4) is 0 Å². The highest BCUT2D eigenvalue weighted by molar-refractivity contribution is 5.78. The van der Waals surface area contributed by atoms with Crippen molar-refractivity contribution < 1.29 is 9.53 Å². The highest BCUT2D eigenvalue weighted by Crippen LogP contribution is 2.13. The van der Waals surface area contributed by atoms with Crippen molar-refractivity contribution in [1.82, 2.24) is 5.32 Å². The molecule has 0 saturated carbocycles. The van der Waals surface area contributed by atoms with Crippen LogP contribution in [0.15, 0.2) is 24.3 Å². The van der Waals surface area contributed by atoms with Gasteiger partial charge < -0.3 is 15.8 Å². The van der Waals surface area contributed by atoms with Gasteiger partial charge in [0.2, 0.25) is 0 Å². The summed E-state index contributed by atoms with van der Waals surface area (Å²) in [6.45, 7) is 7.82. The van der Waals surface area contributed by atoms with Crippen molar-refractivity contribution in [2.24, 2.45) is 5.73 Å². The van der Waals surface area contributed by atoms with Crippen molar-refractivity contribution >= 4 is 5.91 Å². The van der Waals surface area contributed by atoms with Gasteiger partial charge in [0.15, 0.2) is 6.61 Å². The average molecular weight is 264 g/mol. The van der Waals surface area contributed by atoms with Crippen LogP contribution in [0, 0.1) is 0 Å². The highest BCUT2D eigenvalue weighted by Gasteiger charge is 2.13. The summed E-state index contributed by atoms with van der Waals surface area (Å²) < 4.78 is 5.43. The third-order valence-corrected chi connectivity index (χ3v) is 2.37. The average Bonchev–Trinajstić information content (AvgIpc) is 2.25. The van der Waals surface area contributed by atoms with Crippen LogP contribution in [0.4, 0.5) is 0 Å². The lowest BCUT2D eigenvalue weighted by Crippen LogP contribution is -2.43. The first-order valence-corrected chi connectivity index (χ1v) is 6.54. The van der Waals surface area contributed by atoms with Crippen LogP contribution in [0.5, 0.6) is 5.75 Å². The molecule has 1 unspecified atom stereocenters. The first kappa shape index (κ1) is 15.5. The summed E-state index contributed by atoms with van der Waals surface area (Å²) in [6.07, 6.45) is 0.838. The van der Waals surface area contributed by atoms with Crippen LogP contribution in [0.1, 0.15) is 33.3 Å². The van der Waals surface area contributed by atoms with Crippen molar-refractivity contribution in [2.75, 3.05) is 6.61 Å². The lowest BCUT2D eigenvalue weighted by atomic mass is 10.1. The summed E-state index contributed by atoms with van der Waals surface area (Å²) in [4.78, 5) is 11.6. The Hall–Kier alpha value is -1.55. The number of rotatable bonds is 5. The molecule has 0 radical (unpaired) electrons. The summed E-state index contributed by atoms with van der Waals surface area (Å²) in [5.74, 6) is 0.574. The van der Waals surface area contributed by atoms with E-state index in [1.165, 1.54) is 5.56 Å². The van der Waals surface area contributed by atoms with Gasteiger partial charge >= 0.3 is 0 Å². The zero-order valence-corrected chi connectivity index (χ0v) is 12.2. The van der Waals surface area contributed by atoms with Crippen LogP contribution < -0.4 is 15.8 Å². The van der Waals surface area contributed by atoms with E-state index in [1.807, 2.05) is 52.0 Å². The van der Waals surface area contributed by atoms with E-state index in [9.17, 15) is 4.79 Å². The summed E-state index contributed by atoms with van der Waals surface area (Å²) >= 11 is 0. The predicted molar refractivity (Wildman–Crippen MR) is 77.2 cm³/mol. The van der Waals surface area contributed by atoms with E-state index in [2.05, 4.69) is 5.32 Å². The van der Waals surface area contributed by atoms with Gasteiger partial charge in [-0.2, -0.15) is 0 Å². The fourth-order valence-electron chi connectivity index (χ4n) is 1.70. The van der Waals surface area contributed by atoms with Gasteiger partial charge in [0.25, 0.3) is 5.91 Å². The largest absolute Gasteiger partial charge is 0.484 e. The molecule has 0 aromatic heterocycles. The van der Waals surface area contributed by atoms with E-state index in [0.717, 1.165) is 6.42 Å². The molecule has 4 heteroatoms. The lowest BCUT2D eigenvalue weighted by molar-refractivity contribution is -0.124. The first-order chi connectivity index (χ1) is 8.76. The Morgan fingerprint density at radius 1 is 1.32 bits per heavy atom. The minimum Gasteiger partial charge on any atom is -0.484 e. The van der Waals surface area contributed by atoms with E-state index >= 15 is 0 Å². The number of ether oxygens (including phenoxy) is 1. The van der Waals surface area contributed by atoms with Crippen molar-refractivity contribution in [2.45, 2.75) is 45.7 Å². The molecule has 0 aliphatic heterocycles. The molecule has 19 heavy (non-hydrogen) atoms. The van der Waals surface area contributed by atoms with Crippen LogP contribution in [0.2, 0.25) is 0 Å². The molecule has 1 aromatic carbocycles.